The van der Waals surface area contributed by atoms with E-state index >= 15 is 0 Å². The van der Waals surface area contributed by atoms with Crippen LogP contribution in [0.1, 0.15) is 28.9 Å². The van der Waals surface area contributed by atoms with Crippen molar-refractivity contribution in [3.05, 3.63) is 59.4 Å². The molecule has 0 heterocycles. The second-order valence-corrected chi connectivity index (χ2v) is 7.40. The van der Waals surface area contributed by atoms with Gasteiger partial charge in [0.25, 0.3) is 5.91 Å². The molecular formula is C17H18FNO4S. The topological polar surface area (TPSA) is 72.5 Å². The standard InChI is InChI=1S/C17H18FNO4S/c1-11(12-4-7-14(8-5-12)24(3,21)22)19-17(20)13-6-9-16(23-2)15(18)10-13/h4-11H,1-3H3,(H,19,20)/t11-/m0/s1. The van der Waals surface area contributed by atoms with Gasteiger partial charge in [0.2, 0.25) is 0 Å². The van der Waals surface area contributed by atoms with E-state index in [2.05, 4.69) is 5.32 Å². The van der Waals surface area contributed by atoms with E-state index in [4.69, 9.17) is 4.74 Å². The highest BCUT2D eigenvalue weighted by molar-refractivity contribution is 7.90. The van der Waals surface area contributed by atoms with Crippen molar-refractivity contribution in [2.75, 3.05) is 13.4 Å². The Morgan fingerprint density at radius 1 is 1.17 bits per heavy atom. The molecule has 2 aromatic carbocycles. The van der Waals surface area contributed by atoms with Crippen molar-refractivity contribution in [3.8, 4) is 5.75 Å². The number of carbonyl (C=O) groups is 1. The van der Waals surface area contributed by atoms with Gasteiger partial charge in [-0.3, -0.25) is 4.79 Å². The Bertz CT molecular complexity index is 847. The van der Waals surface area contributed by atoms with Crippen molar-refractivity contribution >= 4 is 15.7 Å². The highest BCUT2D eigenvalue weighted by atomic mass is 32.2. The fourth-order valence-corrected chi connectivity index (χ4v) is 2.81. The Labute approximate surface area is 140 Å². The fourth-order valence-electron chi connectivity index (χ4n) is 2.17. The smallest absolute Gasteiger partial charge is 0.251 e. The molecule has 0 saturated carbocycles. The second kappa shape index (κ2) is 7.00. The SMILES string of the molecule is COc1ccc(C(=O)N[C@@H](C)c2ccc(S(C)(=O)=O)cc2)cc1F. The number of carbonyl (C=O) groups excluding carboxylic acids is 1. The average Bonchev–Trinajstić information content (AvgIpc) is 2.54. The normalized spacial score (nSPS) is 12.5. The van der Waals surface area contributed by atoms with Crippen LogP contribution in [0.4, 0.5) is 4.39 Å². The number of methoxy groups -OCH3 is 1. The molecule has 1 N–H and O–H groups in total. The van der Waals surface area contributed by atoms with Crippen molar-refractivity contribution in [1.82, 2.24) is 5.32 Å². The first-order valence-corrected chi connectivity index (χ1v) is 9.06. The minimum atomic E-state index is -3.26. The predicted molar refractivity (Wildman–Crippen MR) is 88.4 cm³/mol. The van der Waals surface area contributed by atoms with Gasteiger partial charge in [0.1, 0.15) is 0 Å². The van der Waals surface area contributed by atoms with Gasteiger partial charge in [-0.1, -0.05) is 12.1 Å². The van der Waals surface area contributed by atoms with Crippen LogP contribution in [0.15, 0.2) is 47.4 Å². The summed E-state index contributed by atoms with van der Waals surface area (Å²) < 4.78 is 41.4. The van der Waals surface area contributed by atoms with E-state index in [-0.39, 0.29) is 22.3 Å². The summed E-state index contributed by atoms with van der Waals surface area (Å²) in [7, 11) is -1.92. The first-order valence-electron chi connectivity index (χ1n) is 7.17. The second-order valence-electron chi connectivity index (χ2n) is 5.39. The van der Waals surface area contributed by atoms with Crippen molar-refractivity contribution in [2.24, 2.45) is 0 Å². The molecule has 2 rings (SSSR count). The molecule has 0 aliphatic heterocycles. The molecule has 24 heavy (non-hydrogen) atoms. The van der Waals surface area contributed by atoms with E-state index < -0.39 is 21.6 Å². The summed E-state index contributed by atoms with van der Waals surface area (Å²) in [5.74, 6) is -0.984. The minimum Gasteiger partial charge on any atom is -0.494 e. The Kier molecular flexibility index (Phi) is 5.23. The largest absolute Gasteiger partial charge is 0.494 e. The van der Waals surface area contributed by atoms with E-state index in [9.17, 15) is 17.6 Å². The van der Waals surface area contributed by atoms with Gasteiger partial charge in [-0.15, -0.1) is 0 Å². The van der Waals surface area contributed by atoms with Crippen LogP contribution in [-0.4, -0.2) is 27.7 Å². The number of hydrogen-bond acceptors (Lipinski definition) is 4. The van der Waals surface area contributed by atoms with Crippen LogP contribution in [0.2, 0.25) is 0 Å². The van der Waals surface area contributed by atoms with E-state index in [1.165, 1.54) is 31.4 Å². The Morgan fingerprint density at radius 3 is 2.29 bits per heavy atom. The number of hydrogen-bond donors (Lipinski definition) is 1. The summed E-state index contributed by atoms with van der Waals surface area (Å²) in [5.41, 5.74) is 0.914. The molecule has 0 radical (unpaired) electrons. The van der Waals surface area contributed by atoms with Crippen molar-refractivity contribution in [3.63, 3.8) is 0 Å². The zero-order valence-corrected chi connectivity index (χ0v) is 14.4. The molecule has 0 aromatic heterocycles. The van der Waals surface area contributed by atoms with Gasteiger partial charge in [-0.05, 0) is 42.8 Å². The lowest BCUT2D eigenvalue weighted by Crippen LogP contribution is -2.26. The third-order valence-electron chi connectivity index (χ3n) is 3.57. The number of nitrogens with one attached hydrogen (secondary N) is 1. The molecule has 5 nitrogen and oxygen atoms in total. The predicted octanol–water partition coefficient (Wildman–Crippen LogP) is 2.73. The first kappa shape index (κ1) is 17.9. The first-order chi connectivity index (χ1) is 11.2. The number of sulfone groups is 1. The Morgan fingerprint density at radius 2 is 1.79 bits per heavy atom. The Balaban J connectivity index is 2.12. The number of rotatable bonds is 5. The highest BCUT2D eigenvalue weighted by Gasteiger charge is 2.14. The summed E-state index contributed by atoms with van der Waals surface area (Å²) in [6.07, 6.45) is 1.13. The average molecular weight is 351 g/mol. The molecule has 1 amide bonds. The fraction of sp³-hybridized carbons (Fsp3) is 0.235. The van der Waals surface area contributed by atoms with E-state index in [0.717, 1.165) is 17.9 Å². The molecule has 128 valence electrons. The summed E-state index contributed by atoms with van der Waals surface area (Å²) in [5, 5.41) is 2.74. The van der Waals surface area contributed by atoms with Crippen molar-refractivity contribution < 1.29 is 22.3 Å². The lowest BCUT2D eigenvalue weighted by atomic mass is 10.1. The van der Waals surface area contributed by atoms with Crippen LogP contribution in [0, 0.1) is 5.82 Å². The van der Waals surface area contributed by atoms with Gasteiger partial charge in [-0.2, -0.15) is 0 Å². The van der Waals surface area contributed by atoms with Crippen LogP contribution in [0.3, 0.4) is 0 Å². The van der Waals surface area contributed by atoms with Gasteiger partial charge >= 0.3 is 0 Å². The zero-order chi connectivity index (χ0) is 17.9. The van der Waals surface area contributed by atoms with Crippen LogP contribution in [0.25, 0.3) is 0 Å². The molecule has 0 aliphatic carbocycles. The van der Waals surface area contributed by atoms with Gasteiger partial charge in [0.15, 0.2) is 21.4 Å². The van der Waals surface area contributed by atoms with Gasteiger partial charge in [0, 0.05) is 11.8 Å². The van der Waals surface area contributed by atoms with Crippen LogP contribution < -0.4 is 10.1 Å². The van der Waals surface area contributed by atoms with Gasteiger partial charge < -0.3 is 10.1 Å². The maximum Gasteiger partial charge on any atom is 0.251 e. The molecule has 0 saturated heterocycles. The molecule has 1 atom stereocenters. The van der Waals surface area contributed by atoms with Gasteiger partial charge in [0.05, 0.1) is 18.0 Å². The molecule has 0 aliphatic rings. The molecular weight excluding hydrogens is 333 g/mol. The molecule has 0 bridgehead atoms. The minimum absolute atomic E-state index is 0.0657. The maximum atomic E-state index is 13.7. The maximum absolute atomic E-state index is 13.7. The zero-order valence-electron chi connectivity index (χ0n) is 13.5. The summed E-state index contributed by atoms with van der Waals surface area (Å²) in [4.78, 5) is 12.4. The quantitative estimate of drug-likeness (QED) is 0.899. The third kappa shape index (κ3) is 4.11. The summed E-state index contributed by atoms with van der Waals surface area (Å²) in [6.45, 7) is 1.76. The van der Waals surface area contributed by atoms with Crippen molar-refractivity contribution in [1.29, 1.82) is 0 Å². The number of ether oxygens (including phenoxy) is 1. The molecule has 0 unspecified atom stereocenters. The van der Waals surface area contributed by atoms with Gasteiger partial charge in [-0.25, -0.2) is 12.8 Å². The lowest BCUT2D eigenvalue weighted by molar-refractivity contribution is 0.0939. The van der Waals surface area contributed by atoms with Crippen molar-refractivity contribution in [2.45, 2.75) is 17.9 Å². The molecule has 0 fully saturated rings. The van der Waals surface area contributed by atoms with E-state index in [1.807, 2.05) is 0 Å². The summed E-state index contributed by atoms with van der Waals surface area (Å²) in [6, 6.07) is 9.84. The van der Waals surface area contributed by atoms with E-state index in [1.54, 1.807) is 19.1 Å². The van der Waals surface area contributed by atoms with Crippen LogP contribution >= 0.6 is 0 Å². The lowest BCUT2D eigenvalue weighted by Gasteiger charge is -2.15. The van der Waals surface area contributed by atoms with E-state index in [0.29, 0.717) is 0 Å². The molecule has 7 heteroatoms. The van der Waals surface area contributed by atoms with Crippen LogP contribution in [0.5, 0.6) is 5.75 Å². The Hall–Kier alpha value is -2.41. The third-order valence-corrected chi connectivity index (χ3v) is 4.70. The number of halogens is 1. The molecule has 0 spiro atoms. The number of amides is 1. The highest BCUT2D eigenvalue weighted by Crippen LogP contribution is 2.20. The number of benzene rings is 2. The van der Waals surface area contributed by atoms with Crippen LogP contribution in [-0.2, 0) is 9.84 Å². The summed E-state index contributed by atoms with van der Waals surface area (Å²) >= 11 is 0. The molecule has 2 aromatic rings. The monoisotopic (exact) mass is 351 g/mol.